The molecule has 0 spiro atoms. The van der Waals surface area contributed by atoms with Crippen molar-refractivity contribution in [3.63, 3.8) is 0 Å². The van der Waals surface area contributed by atoms with Crippen LogP contribution in [-0.4, -0.2) is 47.1 Å². The molecule has 4 aromatic rings. The molecule has 1 fully saturated rings. The van der Waals surface area contributed by atoms with Crippen LogP contribution in [0.3, 0.4) is 0 Å². The second-order valence-corrected chi connectivity index (χ2v) is 12.6. The molecule has 3 aromatic carbocycles. The van der Waals surface area contributed by atoms with Crippen molar-refractivity contribution in [3.05, 3.63) is 104 Å². The van der Waals surface area contributed by atoms with E-state index in [4.69, 9.17) is 9.47 Å². The molecule has 6 rings (SSSR count). The van der Waals surface area contributed by atoms with Crippen LogP contribution in [0, 0.1) is 5.92 Å². The highest BCUT2D eigenvalue weighted by Gasteiger charge is 2.56. The molecule has 0 aliphatic carbocycles. The van der Waals surface area contributed by atoms with Gasteiger partial charge in [-0.2, -0.15) is 13.2 Å². The molecular formula is C32H24F3N3O7S2. The number of thiazole rings is 1. The number of fused-ring (bicyclic) bond motifs is 2. The number of aromatic amines is 1. The average Bonchev–Trinajstić information content (AvgIpc) is 3.54. The van der Waals surface area contributed by atoms with E-state index in [1.54, 1.807) is 25.1 Å². The van der Waals surface area contributed by atoms with Gasteiger partial charge in [-0.05, 0) is 49.4 Å². The van der Waals surface area contributed by atoms with Gasteiger partial charge in [0.2, 0.25) is 11.8 Å². The summed E-state index contributed by atoms with van der Waals surface area (Å²) in [5, 5.41) is 1.72. The van der Waals surface area contributed by atoms with Crippen molar-refractivity contribution in [2.24, 2.45) is 5.92 Å². The summed E-state index contributed by atoms with van der Waals surface area (Å²) in [6, 6.07) is 16.9. The summed E-state index contributed by atoms with van der Waals surface area (Å²) < 4.78 is 51.1. The fourth-order valence-electron chi connectivity index (χ4n) is 5.61. The fourth-order valence-corrected chi connectivity index (χ4v) is 8.11. The van der Waals surface area contributed by atoms with E-state index in [0.29, 0.717) is 15.5 Å². The number of thioether (sulfide) groups is 1. The number of halogens is 3. The maximum Gasteiger partial charge on any atom is 0.418 e. The number of hydrogen-bond donors (Lipinski definition) is 2. The first-order valence-corrected chi connectivity index (χ1v) is 15.9. The summed E-state index contributed by atoms with van der Waals surface area (Å²) >= 11 is 1.96. The number of aromatic nitrogens is 1. The molecule has 1 aromatic heterocycles. The number of carbonyl (C=O) groups is 4. The molecule has 3 amide bonds. The highest BCUT2D eigenvalue weighted by atomic mass is 32.2. The first-order chi connectivity index (χ1) is 22.5. The minimum Gasteiger partial charge on any atom is -0.483 e. The van der Waals surface area contributed by atoms with Gasteiger partial charge in [0.15, 0.2) is 6.61 Å². The lowest BCUT2D eigenvalue weighted by Crippen LogP contribution is -2.32. The van der Waals surface area contributed by atoms with Crippen molar-refractivity contribution in [1.82, 2.24) is 4.98 Å². The van der Waals surface area contributed by atoms with E-state index >= 15 is 0 Å². The van der Waals surface area contributed by atoms with Crippen LogP contribution in [0.5, 0.6) is 5.75 Å². The number of nitrogens with zero attached hydrogens (tertiary/aromatic N) is 1. The topological polar surface area (TPSA) is 135 Å². The lowest BCUT2D eigenvalue weighted by molar-refractivity contribution is -0.137. The van der Waals surface area contributed by atoms with Crippen molar-refractivity contribution in [2.75, 3.05) is 23.4 Å². The monoisotopic (exact) mass is 683 g/mol. The molecular weight excluding hydrogens is 659 g/mol. The van der Waals surface area contributed by atoms with E-state index in [1.165, 1.54) is 42.5 Å². The fraction of sp³-hybridized carbons (Fsp3) is 0.219. The minimum absolute atomic E-state index is 0.145. The van der Waals surface area contributed by atoms with Crippen molar-refractivity contribution < 1.29 is 41.8 Å². The van der Waals surface area contributed by atoms with E-state index < -0.39 is 64.8 Å². The molecule has 0 radical (unpaired) electrons. The van der Waals surface area contributed by atoms with Crippen LogP contribution >= 0.6 is 23.1 Å². The highest BCUT2D eigenvalue weighted by molar-refractivity contribution is 8.00. The zero-order chi connectivity index (χ0) is 33.5. The number of rotatable bonds is 8. The van der Waals surface area contributed by atoms with Crippen LogP contribution in [0.15, 0.2) is 82.6 Å². The first kappa shape index (κ1) is 32.1. The van der Waals surface area contributed by atoms with Crippen LogP contribution in [0.1, 0.15) is 39.2 Å². The Bertz CT molecular complexity index is 1940. The van der Waals surface area contributed by atoms with E-state index in [-0.39, 0.29) is 28.5 Å². The molecule has 10 nitrogen and oxygen atoms in total. The third-order valence-corrected chi connectivity index (χ3v) is 9.98. The standard InChI is InChI=1S/C32H24F3N3O7S2/c1-2-44-30(42)16-11-13-17(14-12-16)38-28(40)24-23(25-27(37-31(43)47-25)46-26(24)29(38)41)18-7-3-6-10-21(18)45-15-22(39)36-20-9-5-4-8-19(20)32(33,34)35/h3-14,23-24,26H,2,15H2,1H3,(H,36,39)(H,37,43). The van der Waals surface area contributed by atoms with Crippen molar-refractivity contribution in [2.45, 2.75) is 29.3 Å². The summed E-state index contributed by atoms with van der Waals surface area (Å²) in [5.74, 6) is -4.14. The number of H-pyrrole nitrogens is 1. The van der Waals surface area contributed by atoms with Gasteiger partial charge in [-0.15, -0.1) is 0 Å². The van der Waals surface area contributed by atoms with Gasteiger partial charge in [0, 0.05) is 16.4 Å². The molecule has 3 atom stereocenters. The summed E-state index contributed by atoms with van der Waals surface area (Å²) in [6.45, 7) is 1.19. The van der Waals surface area contributed by atoms with E-state index in [1.807, 2.05) is 0 Å². The molecule has 2 aliphatic heterocycles. The number of nitrogens with one attached hydrogen (secondary N) is 2. The molecule has 3 unspecified atom stereocenters. The number of anilines is 2. The Balaban J connectivity index is 1.30. The quantitative estimate of drug-likeness (QED) is 0.185. The third-order valence-electron chi connectivity index (χ3n) is 7.58. The van der Waals surface area contributed by atoms with Gasteiger partial charge in [-0.3, -0.25) is 19.2 Å². The number of amides is 3. The molecule has 2 N–H and O–H groups in total. The molecule has 242 valence electrons. The maximum atomic E-state index is 14.1. The molecule has 15 heteroatoms. The predicted molar refractivity (Wildman–Crippen MR) is 167 cm³/mol. The lowest BCUT2D eigenvalue weighted by Gasteiger charge is -2.30. The molecule has 2 aliphatic rings. The molecule has 0 bridgehead atoms. The number of benzene rings is 3. The normalized spacial score (nSPS) is 18.8. The van der Waals surface area contributed by atoms with Crippen LogP contribution in [0.25, 0.3) is 0 Å². The maximum absolute atomic E-state index is 14.1. The number of para-hydroxylation sites is 2. The molecule has 1 saturated heterocycles. The number of alkyl halides is 3. The summed E-state index contributed by atoms with van der Waals surface area (Å²) in [6.07, 6.45) is -4.69. The highest BCUT2D eigenvalue weighted by Crippen LogP contribution is 2.54. The van der Waals surface area contributed by atoms with Gasteiger partial charge in [0.05, 0.1) is 40.1 Å². The van der Waals surface area contributed by atoms with Crippen LogP contribution in [-0.2, 0) is 25.3 Å². The Morgan fingerprint density at radius 1 is 0.957 bits per heavy atom. The molecule has 3 heterocycles. The number of carbonyl (C=O) groups excluding carboxylic acids is 4. The zero-order valence-corrected chi connectivity index (χ0v) is 26.0. The van der Waals surface area contributed by atoms with Crippen LogP contribution in [0.4, 0.5) is 24.5 Å². The average molecular weight is 684 g/mol. The van der Waals surface area contributed by atoms with E-state index in [9.17, 15) is 37.1 Å². The lowest BCUT2D eigenvalue weighted by atomic mass is 9.82. The SMILES string of the molecule is CCOC(=O)c1ccc(N2C(=O)C3Sc4[nH]c(=O)sc4C(c4ccccc4OCC(=O)Nc4ccccc4C(F)(F)F)C3C2=O)cc1. The van der Waals surface area contributed by atoms with Crippen molar-refractivity contribution >= 4 is 58.2 Å². The first-order valence-electron chi connectivity index (χ1n) is 14.2. The van der Waals surface area contributed by atoms with Crippen molar-refractivity contribution in [1.29, 1.82) is 0 Å². The number of imide groups is 1. The number of ether oxygens (including phenoxy) is 2. The summed E-state index contributed by atoms with van der Waals surface area (Å²) in [4.78, 5) is 69.1. The largest absolute Gasteiger partial charge is 0.483 e. The van der Waals surface area contributed by atoms with Crippen LogP contribution in [0.2, 0.25) is 0 Å². The number of hydrogen-bond acceptors (Lipinski definition) is 9. The van der Waals surface area contributed by atoms with Gasteiger partial charge in [-0.25, -0.2) is 9.69 Å². The summed E-state index contributed by atoms with van der Waals surface area (Å²) in [7, 11) is 0. The van der Waals surface area contributed by atoms with Gasteiger partial charge < -0.3 is 19.8 Å². The Morgan fingerprint density at radius 3 is 2.38 bits per heavy atom. The second kappa shape index (κ2) is 12.7. The summed E-state index contributed by atoms with van der Waals surface area (Å²) in [5.41, 5.74) is -0.543. The Labute approximate surface area is 272 Å². The van der Waals surface area contributed by atoms with Crippen LogP contribution < -0.4 is 19.8 Å². The van der Waals surface area contributed by atoms with Gasteiger partial charge >= 0.3 is 17.0 Å². The zero-order valence-electron chi connectivity index (χ0n) is 24.3. The van der Waals surface area contributed by atoms with E-state index in [2.05, 4.69) is 10.3 Å². The third kappa shape index (κ3) is 6.15. The van der Waals surface area contributed by atoms with Crippen molar-refractivity contribution in [3.8, 4) is 5.75 Å². The molecule has 47 heavy (non-hydrogen) atoms. The van der Waals surface area contributed by atoms with Gasteiger partial charge in [0.1, 0.15) is 11.0 Å². The van der Waals surface area contributed by atoms with Gasteiger partial charge in [-0.1, -0.05) is 53.4 Å². The smallest absolute Gasteiger partial charge is 0.418 e. The Kier molecular flexibility index (Phi) is 8.68. The predicted octanol–water partition coefficient (Wildman–Crippen LogP) is 5.45. The second-order valence-electron chi connectivity index (χ2n) is 10.4. The minimum atomic E-state index is -4.69. The van der Waals surface area contributed by atoms with Gasteiger partial charge in [0.25, 0.3) is 5.91 Å². The Morgan fingerprint density at radius 2 is 1.66 bits per heavy atom. The van der Waals surface area contributed by atoms with E-state index in [0.717, 1.165) is 40.1 Å². The Hall–Kier alpha value is -4.89. The molecule has 0 saturated carbocycles. The number of esters is 1.